The third-order valence-corrected chi connectivity index (χ3v) is 7.04. The highest BCUT2D eigenvalue weighted by atomic mass is 32.2. The van der Waals surface area contributed by atoms with Gasteiger partial charge in [-0.3, -0.25) is 4.79 Å². The molecule has 0 amide bonds. The molecule has 6 heteroatoms. The second-order valence-electron chi connectivity index (χ2n) is 7.61. The summed E-state index contributed by atoms with van der Waals surface area (Å²) in [5.74, 6) is -0.151. The molecule has 3 aromatic carbocycles. The zero-order valence-corrected chi connectivity index (χ0v) is 17.7. The van der Waals surface area contributed by atoms with Crippen molar-refractivity contribution in [1.29, 1.82) is 0 Å². The Morgan fingerprint density at radius 3 is 2.67 bits per heavy atom. The van der Waals surface area contributed by atoms with Gasteiger partial charge in [-0.1, -0.05) is 48.5 Å². The van der Waals surface area contributed by atoms with Crippen LogP contribution < -0.4 is 4.72 Å². The number of esters is 1. The lowest BCUT2D eigenvalue weighted by Crippen LogP contribution is -2.28. The number of carbonyl (C=O) groups is 1. The highest BCUT2D eigenvalue weighted by Crippen LogP contribution is 2.34. The van der Waals surface area contributed by atoms with E-state index in [9.17, 15) is 13.2 Å². The number of sulfonamides is 1. The number of aryl methyl sites for hydroxylation is 1. The number of hydrogen-bond donors (Lipinski definition) is 1. The van der Waals surface area contributed by atoms with Crippen molar-refractivity contribution >= 4 is 26.8 Å². The molecule has 5 nitrogen and oxygen atoms in total. The van der Waals surface area contributed by atoms with E-state index in [1.807, 2.05) is 48.5 Å². The molecule has 0 fully saturated rings. The number of hydrogen-bond acceptors (Lipinski definition) is 4. The molecule has 0 aliphatic heterocycles. The zero-order chi connectivity index (χ0) is 21.1. The minimum Gasteiger partial charge on any atom is -0.466 e. The van der Waals surface area contributed by atoms with E-state index in [1.165, 1.54) is 5.56 Å². The number of ether oxygens (including phenoxy) is 1. The molecular weight excluding hydrogens is 398 g/mol. The van der Waals surface area contributed by atoms with E-state index in [1.54, 1.807) is 19.1 Å². The maximum atomic E-state index is 12.9. The standard InChI is InChI=1S/C24H25NO4S/c1-2-29-24(26)14-17-7-8-19-9-10-21(23(19)13-17)16-25-30(27,28)22-12-11-18-5-3-4-6-20(18)15-22/h3-8,11-13,15,21,25H,2,9-10,14,16H2,1H3. The van der Waals surface area contributed by atoms with E-state index in [-0.39, 0.29) is 23.2 Å². The molecule has 0 bridgehead atoms. The van der Waals surface area contributed by atoms with Crippen molar-refractivity contribution in [3.63, 3.8) is 0 Å². The maximum absolute atomic E-state index is 12.9. The molecule has 0 spiro atoms. The van der Waals surface area contributed by atoms with Crippen LogP contribution in [0.5, 0.6) is 0 Å². The van der Waals surface area contributed by atoms with E-state index < -0.39 is 10.0 Å². The van der Waals surface area contributed by atoms with Crippen LogP contribution in [0, 0.1) is 0 Å². The summed E-state index contributed by atoms with van der Waals surface area (Å²) in [6.07, 6.45) is 2.03. The zero-order valence-electron chi connectivity index (χ0n) is 16.9. The van der Waals surface area contributed by atoms with Gasteiger partial charge in [0.2, 0.25) is 10.0 Å². The van der Waals surface area contributed by atoms with Crippen molar-refractivity contribution in [2.75, 3.05) is 13.2 Å². The van der Waals surface area contributed by atoms with Crippen molar-refractivity contribution in [3.05, 3.63) is 77.4 Å². The third-order valence-electron chi connectivity index (χ3n) is 5.62. The van der Waals surface area contributed by atoms with Gasteiger partial charge >= 0.3 is 5.97 Å². The molecule has 1 aliphatic rings. The lowest BCUT2D eigenvalue weighted by atomic mass is 9.98. The molecule has 0 aromatic heterocycles. The fraction of sp³-hybridized carbons (Fsp3) is 0.292. The highest BCUT2D eigenvalue weighted by molar-refractivity contribution is 7.89. The van der Waals surface area contributed by atoms with E-state index in [0.717, 1.165) is 34.7 Å². The van der Waals surface area contributed by atoms with Gasteiger partial charge < -0.3 is 4.74 Å². The first kappa shape index (κ1) is 20.6. The summed E-state index contributed by atoms with van der Waals surface area (Å²) in [5, 5.41) is 1.91. The van der Waals surface area contributed by atoms with Crippen molar-refractivity contribution < 1.29 is 17.9 Å². The van der Waals surface area contributed by atoms with Gasteiger partial charge in [0.05, 0.1) is 17.9 Å². The van der Waals surface area contributed by atoms with E-state index in [0.29, 0.717) is 13.2 Å². The van der Waals surface area contributed by atoms with Gasteiger partial charge in [-0.25, -0.2) is 13.1 Å². The Labute approximate surface area is 177 Å². The largest absolute Gasteiger partial charge is 0.466 e. The van der Waals surface area contributed by atoms with Crippen LogP contribution >= 0.6 is 0 Å². The summed E-state index contributed by atoms with van der Waals surface area (Å²) < 4.78 is 33.5. The summed E-state index contributed by atoms with van der Waals surface area (Å²) in [5.41, 5.74) is 3.24. The third kappa shape index (κ3) is 4.40. The molecule has 0 saturated heterocycles. The molecule has 0 heterocycles. The first-order chi connectivity index (χ1) is 14.5. The molecule has 3 aromatic rings. The molecule has 4 rings (SSSR count). The van der Waals surface area contributed by atoms with Crippen LogP contribution in [0.4, 0.5) is 0 Å². The Bertz CT molecular complexity index is 1190. The van der Waals surface area contributed by atoms with Crippen molar-refractivity contribution in [1.82, 2.24) is 4.72 Å². The van der Waals surface area contributed by atoms with Crippen molar-refractivity contribution in [2.45, 2.75) is 37.0 Å². The quantitative estimate of drug-likeness (QED) is 0.584. The molecule has 0 saturated carbocycles. The van der Waals surface area contributed by atoms with Gasteiger partial charge in [0.15, 0.2) is 0 Å². The van der Waals surface area contributed by atoms with E-state index >= 15 is 0 Å². The smallest absolute Gasteiger partial charge is 0.310 e. The molecule has 1 unspecified atom stereocenters. The van der Waals surface area contributed by atoms with Crippen molar-refractivity contribution in [2.24, 2.45) is 0 Å². The summed E-state index contributed by atoms with van der Waals surface area (Å²) in [6, 6.07) is 18.9. The van der Waals surface area contributed by atoms with Gasteiger partial charge in [0, 0.05) is 6.54 Å². The Morgan fingerprint density at radius 1 is 1.07 bits per heavy atom. The van der Waals surface area contributed by atoms with Crippen molar-refractivity contribution in [3.8, 4) is 0 Å². The number of carbonyl (C=O) groups excluding carboxylic acids is 1. The van der Waals surface area contributed by atoms with Gasteiger partial charge in [-0.2, -0.15) is 0 Å². The molecule has 1 atom stereocenters. The second kappa shape index (κ2) is 8.58. The van der Waals surface area contributed by atoms with Crippen LogP contribution in [0.15, 0.2) is 65.6 Å². The highest BCUT2D eigenvalue weighted by Gasteiger charge is 2.25. The number of nitrogens with one attached hydrogen (secondary N) is 1. The predicted molar refractivity (Wildman–Crippen MR) is 117 cm³/mol. The Kier molecular flexibility index (Phi) is 5.88. The van der Waals surface area contributed by atoms with Crippen LogP contribution in [0.3, 0.4) is 0 Å². The van der Waals surface area contributed by atoms with Gasteiger partial charge in [0.1, 0.15) is 0 Å². The molecule has 156 valence electrons. The number of rotatable bonds is 7. The predicted octanol–water partition coefficient (Wildman–Crippen LogP) is 3.95. The Hall–Kier alpha value is -2.70. The fourth-order valence-corrected chi connectivity index (χ4v) is 5.18. The minimum absolute atomic E-state index is 0.0948. The second-order valence-corrected chi connectivity index (χ2v) is 9.38. The first-order valence-electron chi connectivity index (χ1n) is 10.2. The molecule has 30 heavy (non-hydrogen) atoms. The lowest BCUT2D eigenvalue weighted by Gasteiger charge is -2.15. The fourth-order valence-electron chi connectivity index (χ4n) is 4.07. The summed E-state index contributed by atoms with van der Waals surface area (Å²) in [4.78, 5) is 12.1. The molecular formula is C24H25NO4S. The Balaban J connectivity index is 1.48. The normalized spacial score (nSPS) is 15.8. The van der Waals surface area contributed by atoms with Gasteiger partial charge in [-0.05, 0) is 65.3 Å². The van der Waals surface area contributed by atoms with Gasteiger partial charge in [0.25, 0.3) is 0 Å². The topological polar surface area (TPSA) is 72.5 Å². The van der Waals surface area contributed by atoms with Crippen LogP contribution in [-0.2, 0) is 32.4 Å². The van der Waals surface area contributed by atoms with Crippen LogP contribution in [0.1, 0.15) is 36.0 Å². The van der Waals surface area contributed by atoms with E-state index in [4.69, 9.17) is 4.74 Å². The summed E-state index contributed by atoms with van der Waals surface area (Å²) >= 11 is 0. The minimum atomic E-state index is -3.60. The maximum Gasteiger partial charge on any atom is 0.310 e. The lowest BCUT2D eigenvalue weighted by molar-refractivity contribution is -0.142. The molecule has 1 N–H and O–H groups in total. The monoisotopic (exact) mass is 423 g/mol. The summed E-state index contributed by atoms with van der Waals surface area (Å²) in [7, 11) is -3.60. The van der Waals surface area contributed by atoms with Crippen LogP contribution in [0.2, 0.25) is 0 Å². The van der Waals surface area contributed by atoms with Crippen LogP contribution in [0.25, 0.3) is 10.8 Å². The average Bonchev–Trinajstić information content (AvgIpc) is 3.14. The Morgan fingerprint density at radius 2 is 1.87 bits per heavy atom. The summed E-state index contributed by atoms with van der Waals surface area (Å²) in [6.45, 7) is 2.49. The molecule has 0 radical (unpaired) electrons. The number of benzene rings is 3. The SMILES string of the molecule is CCOC(=O)Cc1ccc2c(c1)C(CNS(=O)(=O)c1ccc3ccccc3c1)CC2. The first-order valence-corrected chi connectivity index (χ1v) is 11.7. The van der Waals surface area contributed by atoms with Crippen LogP contribution in [-0.4, -0.2) is 27.5 Å². The number of fused-ring (bicyclic) bond motifs is 2. The van der Waals surface area contributed by atoms with E-state index in [2.05, 4.69) is 4.72 Å². The molecule has 1 aliphatic carbocycles. The van der Waals surface area contributed by atoms with Gasteiger partial charge in [-0.15, -0.1) is 0 Å². The average molecular weight is 424 g/mol.